The second-order valence-electron chi connectivity index (χ2n) is 11.0. The molecule has 2 aliphatic rings. The first-order chi connectivity index (χ1) is 20.1. The summed E-state index contributed by atoms with van der Waals surface area (Å²) in [5, 5.41) is 15.1. The third-order valence-corrected chi connectivity index (χ3v) is 7.65. The van der Waals surface area contributed by atoms with Crippen LogP contribution in [0.15, 0.2) is 18.3 Å². The largest absolute Gasteiger partial charge is 0.447 e. The van der Waals surface area contributed by atoms with Crippen molar-refractivity contribution in [3.8, 4) is 6.07 Å². The second-order valence-corrected chi connectivity index (χ2v) is 11.0. The number of halogens is 2. The Morgan fingerprint density at radius 3 is 2.50 bits per heavy atom. The fourth-order valence-corrected chi connectivity index (χ4v) is 5.60. The minimum atomic E-state index is -0.936. The normalized spacial score (nSPS) is 20.8. The van der Waals surface area contributed by atoms with Crippen LogP contribution in [0.25, 0.3) is 11.2 Å². The number of ether oxygens (including phenoxy) is 1. The SMILES string of the molecule is CC(C)OC(=O)N1CCC[C@@H](Nc2ncc3nc(Nc4c(F)cc(C#N)cc4F)n([C@H]4CC[C@@H](C(N)=O)CC4)c3n2)C1. The van der Waals surface area contributed by atoms with E-state index in [1.807, 2.05) is 0 Å². The Bertz CT molecular complexity index is 1510. The molecule has 222 valence electrons. The number of primary amides is 1. The van der Waals surface area contributed by atoms with Gasteiger partial charge in [-0.1, -0.05) is 0 Å². The first-order valence-electron chi connectivity index (χ1n) is 14.1. The van der Waals surface area contributed by atoms with E-state index in [0.717, 1.165) is 25.0 Å². The third-order valence-electron chi connectivity index (χ3n) is 7.65. The van der Waals surface area contributed by atoms with E-state index >= 15 is 0 Å². The number of nitriles is 1. The number of nitrogens with one attached hydrogen (secondary N) is 2. The molecule has 4 N–H and O–H groups in total. The van der Waals surface area contributed by atoms with Crippen LogP contribution < -0.4 is 16.4 Å². The van der Waals surface area contributed by atoms with Gasteiger partial charge in [-0.3, -0.25) is 9.36 Å². The van der Waals surface area contributed by atoms with Gasteiger partial charge in [0, 0.05) is 31.1 Å². The summed E-state index contributed by atoms with van der Waals surface area (Å²) in [5.41, 5.74) is 5.79. The Hall–Kier alpha value is -4.54. The maximum Gasteiger partial charge on any atom is 0.410 e. The molecule has 0 unspecified atom stereocenters. The average molecular weight is 582 g/mol. The predicted octanol–water partition coefficient (Wildman–Crippen LogP) is 4.36. The lowest BCUT2D eigenvalue weighted by Crippen LogP contribution is -2.46. The van der Waals surface area contributed by atoms with Crippen molar-refractivity contribution >= 4 is 40.7 Å². The van der Waals surface area contributed by atoms with Crippen LogP contribution in [0.2, 0.25) is 0 Å². The lowest BCUT2D eigenvalue weighted by Gasteiger charge is -2.33. The molecule has 14 heteroatoms. The summed E-state index contributed by atoms with van der Waals surface area (Å²) < 4.78 is 36.8. The van der Waals surface area contributed by atoms with Crippen LogP contribution in [0.3, 0.4) is 0 Å². The Morgan fingerprint density at radius 1 is 1.14 bits per heavy atom. The number of fused-ring (bicyclic) bond motifs is 1. The van der Waals surface area contributed by atoms with E-state index < -0.39 is 17.3 Å². The van der Waals surface area contributed by atoms with Crippen molar-refractivity contribution in [2.24, 2.45) is 11.7 Å². The minimum Gasteiger partial charge on any atom is -0.447 e. The highest BCUT2D eigenvalue weighted by molar-refractivity contribution is 5.78. The number of hydrogen-bond donors (Lipinski definition) is 3. The number of benzene rings is 1. The number of carbonyl (C=O) groups excluding carboxylic acids is 2. The molecule has 0 bridgehead atoms. The van der Waals surface area contributed by atoms with E-state index in [0.29, 0.717) is 55.9 Å². The average Bonchev–Trinajstić information content (AvgIpc) is 3.31. The topological polar surface area (TPSA) is 164 Å². The minimum absolute atomic E-state index is 0.113. The monoisotopic (exact) mass is 581 g/mol. The first kappa shape index (κ1) is 29.0. The number of piperidine rings is 1. The molecule has 2 amide bonds. The molecule has 12 nitrogen and oxygen atoms in total. The van der Waals surface area contributed by atoms with Gasteiger partial charge in [-0.2, -0.15) is 10.2 Å². The molecule has 0 radical (unpaired) electrons. The fourth-order valence-electron chi connectivity index (χ4n) is 5.60. The van der Waals surface area contributed by atoms with Crippen molar-refractivity contribution in [2.45, 2.75) is 70.6 Å². The molecule has 5 rings (SSSR count). The number of likely N-dealkylation sites (tertiary alicyclic amines) is 1. The molecule has 1 aromatic carbocycles. The molecule has 0 spiro atoms. The van der Waals surface area contributed by atoms with Crippen molar-refractivity contribution in [1.29, 1.82) is 5.26 Å². The van der Waals surface area contributed by atoms with Gasteiger partial charge in [0.1, 0.15) is 11.2 Å². The highest BCUT2D eigenvalue weighted by Gasteiger charge is 2.30. The van der Waals surface area contributed by atoms with Gasteiger partial charge in [-0.05, 0) is 64.5 Å². The molecule has 3 heterocycles. The molecule has 1 saturated heterocycles. The number of imidazole rings is 1. The lowest BCUT2D eigenvalue weighted by atomic mass is 9.85. The van der Waals surface area contributed by atoms with Gasteiger partial charge in [-0.15, -0.1) is 0 Å². The quantitative estimate of drug-likeness (QED) is 0.368. The Balaban J connectivity index is 1.46. The summed E-state index contributed by atoms with van der Waals surface area (Å²) in [4.78, 5) is 39.6. The van der Waals surface area contributed by atoms with E-state index in [9.17, 15) is 18.4 Å². The van der Waals surface area contributed by atoms with E-state index in [4.69, 9.17) is 20.7 Å². The smallest absolute Gasteiger partial charge is 0.410 e. The number of nitrogens with two attached hydrogens (primary N) is 1. The van der Waals surface area contributed by atoms with Gasteiger partial charge >= 0.3 is 6.09 Å². The molecule has 2 aromatic heterocycles. The molecular formula is C28H33F2N9O3. The van der Waals surface area contributed by atoms with Gasteiger partial charge in [0.2, 0.25) is 17.8 Å². The van der Waals surface area contributed by atoms with Gasteiger partial charge in [0.05, 0.1) is 23.9 Å². The maximum absolute atomic E-state index is 14.8. The van der Waals surface area contributed by atoms with Gasteiger partial charge in [0.25, 0.3) is 0 Å². The summed E-state index contributed by atoms with van der Waals surface area (Å²) in [6, 6.07) is 3.33. The zero-order chi connectivity index (χ0) is 30.0. The zero-order valence-electron chi connectivity index (χ0n) is 23.4. The van der Waals surface area contributed by atoms with Crippen molar-refractivity contribution in [3.05, 3.63) is 35.5 Å². The Morgan fingerprint density at radius 2 is 1.86 bits per heavy atom. The highest BCUT2D eigenvalue weighted by Crippen LogP contribution is 2.37. The van der Waals surface area contributed by atoms with Crippen LogP contribution in [-0.4, -0.2) is 61.7 Å². The number of rotatable bonds is 7. The summed E-state index contributed by atoms with van der Waals surface area (Å²) in [6.45, 7) is 4.63. The van der Waals surface area contributed by atoms with Crippen LogP contribution in [-0.2, 0) is 9.53 Å². The van der Waals surface area contributed by atoms with Crippen molar-refractivity contribution in [3.63, 3.8) is 0 Å². The lowest BCUT2D eigenvalue weighted by molar-refractivity contribution is -0.122. The molecule has 3 aromatic rings. The van der Waals surface area contributed by atoms with Crippen LogP contribution >= 0.6 is 0 Å². The summed E-state index contributed by atoms with van der Waals surface area (Å²) in [7, 11) is 0. The Labute approximate surface area is 241 Å². The molecule has 1 atom stereocenters. The number of nitrogens with zero attached hydrogens (tertiary/aromatic N) is 6. The highest BCUT2D eigenvalue weighted by atomic mass is 19.1. The number of aromatic nitrogens is 4. The molecular weight excluding hydrogens is 548 g/mol. The van der Waals surface area contributed by atoms with Crippen molar-refractivity contribution in [2.75, 3.05) is 23.7 Å². The van der Waals surface area contributed by atoms with Gasteiger partial charge in [0.15, 0.2) is 17.3 Å². The standard InChI is InChI=1S/C28H33F2N9O3/c1-15(2)42-28(41)38-9-3-4-18(14-38)34-26-33-13-22-25(37-26)39(19-7-5-17(6-8-19)24(32)40)27(35-22)36-23-20(29)10-16(12-31)11-21(23)30/h10-11,13,15,17-19H,3-9,14H2,1-2H3,(H2,32,40)(H,35,36)(H,33,34,37)/t17-,18-,19+/m1/s1. The molecule has 1 saturated carbocycles. The zero-order valence-corrected chi connectivity index (χ0v) is 23.4. The number of carbonyl (C=O) groups is 2. The van der Waals surface area contributed by atoms with Crippen molar-refractivity contribution in [1.82, 2.24) is 24.4 Å². The number of hydrogen-bond acceptors (Lipinski definition) is 9. The Kier molecular flexibility index (Phi) is 8.37. The molecule has 1 aliphatic heterocycles. The van der Waals surface area contributed by atoms with Crippen LogP contribution in [0.5, 0.6) is 0 Å². The molecule has 2 fully saturated rings. The van der Waals surface area contributed by atoms with Gasteiger partial charge in [-0.25, -0.2) is 23.5 Å². The summed E-state index contributed by atoms with van der Waals surface area (Å²) >= 11 is 0. The summed E-state index contributed by atoms with van der Waals surface area (Å²) in [5.74, 6) is -1.99. The number of anilines is 3. The number of amides is 2. The molecule has 42 heavy (non-hydrogen) atoms. The second kappa shape index (κ2) is 12.1. The van der Waals surface area contributed by atoms with E-state index in [-0.39, 0.29) is 47.6 Å². The molecule has 1 aliphatic carbocycles. The van der Waals surface area contributed by atoms with Crippen LogP contribution in [0.1, 0.15) is 64.0 Å². The van der Waals surface area contributed by atoms with E-state index in [1.54, 1.807) is 29.4 Å². The fraction of sp³-hybridized carbons (Fsp3) is 0.500. The summed E-state index contributed by atoms with van der Waals surface area (Å²) in [6.07, 6.45) is 4.79. The van der Waals surface area contributed by atoms with Crippen LogP contribution in [0.4, 0.5) is 31.2 Å². The predicted molar refractivity (Wildman–Crippen MR) is 150 cm³/mol. The van der Waals surface area contributed by atoms with E-state index in [1.165, 1.54) is 6.20 Å². The first-order valence-corrected chi connectivity index (χ1v) is 14.1. The van der Waals surface area contributed by atoms with Crippen LogP contribution in [0, 0.1) is 28.9 Å². The van der Waals surface area contributed by atoms with Crippen molar-refractivity contribution < 1.29 is 23.1 Å². The third kappa shape index (κ3) is 6.19. The maximum atomic E-state index is 14.8. The van der Waals surface area contributed by atoms with E-state index in [2.05, 4.69) is 20.6 Å². The van der Waals surface area contributed by atoms with Gasteiger partial charge < -0.3 is 26.0 Å².